The van der Waals surface area contributed by atoms with Crippen LogP contribution in [-0.4, -0.2) is 33.0 Å². The van der Waals surface area contributed by atoms with Gasteiger partial charge in [0.05, 0.1) is 4.92 Å². The number of aromatic hydroxyl groups is 1. The standard InChI is InChI=1S/C22H24N2O5/c1-2-11-23-14-5-3-7-18(26)21(14)20(22-15(23)6-4-8-19(22)27)13-9-10-17(25)16(12-13)24(28)29/h9-10,12,20,25H,2-8,11H2,1H3. The van der Waals surface area contributed by atoms with E-state index < -0.39 is 22.3 Å². The van der Waals surface area contributed by atoms with E-state index in [4.69, 9.17) is 0 Å². The van der Waals surface area contributed by atoms with Gasteiger partial charge in [-0.2, -0.15) is 0 Å². The second-order valence-corrected chi connectivity index (χ2v) is 7.86. The first-order valence-electron chi connectivity index (χ1n) is 10.2. The van der Waals surface area contributed by atoms with Gasteiger partial charge in [-0.15, -0.1) is 0 Å². The maximum absolute atomic E-state index is 13.0. The van der Waals surface area contributed by atoms with Crippen LogP contribution in [0.25, 0.3) is 0 Å². The van der Waals surface area contributed by atoms with Crippen molar-refractivity contribution < 1.29 is 19.6 Å². The van der Waals surface area contributed by atoms with E-state index in [1.165, 1.54) is 12.1 Å². The molecule has 3 aliphatic rings. The smallest absolute Gasteiger partial charge is 0.310 e. The van der Waals surface area contributed by atoms with Gasteiger partial charge in [0.25, 0.3) is 0 Å². The van der Waals surface area contributed by atoms with Crippen molar-refractivity contribution in [3.8, 4) is 5.75 Å². The fourth-order valence-corrected chi connectivity index (χ4v) is 4.91. The van der Waals surface area contributed by atoms with E-state index in [9.17, 15) is 24.8 Å². The average Bonchev–Trinajstić information content (AvgIpc) is 2.69. The van der Waals surface area contributed by atoms with Crippen molar-refractivity contribution >= 4 is 17.3 Å². The third-order valence-corrected chi connectivity index (χ3v) is 6.06. The number of carbonyl (C=O) groups is 2. The molecule has 1 N–H and O–H groups in total. The average molecular weight is 396 g/mol. The van der Waals surface area contributed by atoms with Crippen LogP contribution < -0.4 is 0 Å². The van der Waals surface area contributed by atoms with Crippen LogP contribution in [0.5, 0.6) is 5.75 Å². The molecular weight excluding hydrogens is 372 g/mol. The zero-order chi connectivity index (χ0) is 20.7. The van der Waals surface area contributed by atoms with Gasteiger partial charge in [0.2, 0.25) is 0 Å². The molecule has 7 heteroatoms. The predicted molar refractivity (Wildman–Crippen MR) is 106 cm³/mol. The topological polar surface area (TPSA) is 101 Å². The third-order valence-electron chi connectivity index (χ3n) is 6.06. The van der Waals surface area contributed by atoms with Crippen LogP contribution in [0.15, 0.2) is 40.7 Å². The fraction of sp³-hybridized carbons (Fsp3) is 0.455. The summed E-state index contributed by atoms with van der Waals surface area (Å²) in [5.41, 5.74) is 3.28. The highest BCUT2D eigenvalue weighted by molar-refractivity contribution is 6.06. The number of nitro benzene ring substituents is 1. The van der Waals surface area contributed by atoms with Gasteiger partial charge in [-0.25, -0.2) is 0 Å². The lowest BCUT2D eigenvalue weighted by molar-refractivity contribution is -0.385. The number of Topliss-reactive ketones (excluding diaryl/α,β-unsaturated/α-hetero) is 2. The van der Waals surface area contributed by atoms with E-state index in [2.05, 4.69) is 11.8 Å². The third kappa shape index (κ3) is 3.14. The van der Waals surface area contributed by atoms with E-state index in [1.54, 1.807) is 6.07 Å². The van der Waals surface area contributed by atoms with Crippen molar-refractivity contribution in [2.45, 2.75) is 57.8 Å². The number of carbonyl (C=O) groups excluding carboxylic acids is 2. The zero-order valence-electron chi connectivity index (χ0n) is 16.4. The second-order valence-electron chi connectivity index (χ2n) is 7.86. The molecule has 4 rings (SSSR count). The summed E-state index contributed by atoms with van der Waals surface area (Å²) in [6.07, 6.45) is 4.82. The van der Waals surface area contributed by atoms with Crippen molar-refractivity contribution in [1.82, 2.24) is 4.90 Å². The molecule has 29 heavy (non-hydrogen) atoms. The van der Waals surface area contributed by atoms with Crippen LogP contribution in [0.3, 0.4) is 0 Å². The molecule has 7 nitrogen and oxygen atoms in total. The SMILES string of the molecule is CCCN1C2=C(C(=O)CCC2)C(c2ccc(O)c([N+](=O)[O-])c2)C2=C1CCCC2=O. The first-order chi connectivity index (χ1) is 13.9. The Bertz CT molecular complexity index is 931. The number of hydrogen-bond donors (Lipinski definition) is 1. The highest BCUT2D eigenvalue weighted by Crippen LogP contribution is 2.49. The van der Waals surface area contributed by atoms with Gasteiger partial charge in [0.1, 0.15) is 0 Å². The molecule has 0 saturated heterocycles. The van der Waals surface area contributed by atoms with E-state index in [0.29, 0.717) is 29.6 Å². The van der Waals surface area contributed by atoms with Crippen LogP contribution in [0, 0.1) is 10.1 Å². The Hall–Kier alpha value is -2.96. The first-order valence-corrected chi connectivity index (χ1v) is 10.2. The van der Waals surface area contributed by atoms with Crippen LogP contribution in [0.2, 0.25) is 0 Å². The molecule has 0 saturated carbocycles. The van der Waals surface area contributed by atoms with Crippen molar-refractivity contribution in [1.29, 1.82) is 0 Å². The number of ketones is 2. The number of phenolic OH excluding ortho intramolecular Hbond substituents is 1. The Balaban J connectivity index is 1.97. The normalized spacial score (nSPS) is 20.1. The largest absolute Gasteiger partial charge is 0.502 e. The number of nitro groups is 1. The van der Waals surface area contributed by atoms with Crippen molar-refractivity contribution in [2.24, 2.45) is 0 Å². The molecule has 0 bridgehead atoms. The molecule has 1 aromatic rings. The van der Waals surface area contributed by atoms with Crippen molar-refractivity contribution in [2.75, 3.05) is 6.54 Å². The number of hydrogen-bond acceptors (Lipinski definition) is 6. The van der Waals surface area contributed by atoms with E-state index in [1.807, 2.05) is 0 Å². The summed E-state index contributed by atoms with van der Waals surface area (Å²) in [4.78, 5) is 39.0. The Morgan fingerprint density at radius 3 is 2.17 bits per heavy atom. The second kappa shape index (κ2) is 7.46. The minimum absolute atomic E-state index is 0.0120. The van der Waals surface area contributed by atoms with Crippen LogP contribution in [-0.2, 0) is 9.59 Å². The summed E-state index contributed by atoms with van der Waals surface area (Å²) in [6, 6.07) is 4.20. The van der Waals surface area contributed by atoms with Crippen LogP contribution >= 0.6 is 0 Å². The molecule has 0 amide bonds. The summed E-state index contributed by atoms with van der Waals surface area (Å²) < 4.78 is 0. The number of allylic oxidation sites excluding steroid dienone is 4. The minimum Gasteiger partial charge on any atom is -0.502 e. The van der Waals surface area contributed by atoms with Gasteiger partial charge in [-0.05, 0) is 43.7 Å². The number of benzene rings is 1. The monoisotopic (exact) mass is 396 g/mol. The molecular formula is C22H24N2O5. The highest BCUT2D eigenvalue weighted by Gasteiger charge is 2.43. The minimum atomic E-state index is -0.638. The molecule has 0 radical (unpaired) electrons. The number of phenols is 1. The van der Waals surface area contributed by atoms with Gasteiger partial charge < -0.3 is 10.0 Å². The maximum atomic E-state index is 13.0. The summed E-state index contributed by atoms with van der Waals surface area (Å²) in [7, 11) is 0. The predicted octanol–water partition coefficient (Wildman–Crippen LogP) is 4.12. The molecule has 0 unspecified atom stereocenters. The number of rotatable bonds is 4. The van der Waals surface area contributed by atoms with E-state index >= 15 is 0 Å². The lowest BCUT2D eigenvalue weighted by atomic mass is 9.71. The molecule has 2 aliphatic carbocycles. The lowest BCUT2D eigenvalue weighted by Crippen LogP contribution is -2.39. The maximum Gasteiger partial charge on any atom is 0.310 e. The van der Waals surface area contributed by atoms with Crippen LogP contribution in [0.4, 0.5) is 5.69 Å². The molecule has 1 aromatic carbocycles. The Labute approximate surface area is 168 Å². The van der Waals surface area contributed by atoms with Crippen molar-refractivity contribution in [3.05, 3.63) is 56.4 Å². The van der Waals surface area contributed by atoms with Gasteiger partial charge >= 0.3 is 5.69 Å². The van der Waals surface area contributed by atoms with Crippen molar-refractivity contribution in [3.63, 3.8) is 0 Å². The lowest BCUT2D eigenvalue weighted by Gasteiger charge is -2.44. The number of nitrogens with zero attached hydrogens (tertiary/aromatic N) is 2. The van der Waals surface area contributed by atoms with Gasteiger partial charge in [-0.3, -0.25) is 19.7 Å². The molecule has 1 heterocycles. The van der Waals surface area contributed by atoms with E-state index in [-0.39, 0.29) is 11.6 Å². The Kier molecular flexibility index (Phi) is 4.98. The van der Waals surface area contributed by atoms with Gasteiger partial charge in [-0.1, -0.05) is 13.0 Å². The molecule has 1 aliphatic heterocycles. The molecule has 152 valence electrons. The van der Waals surface area contributed by atoms with Gasteiger partial charge in [0, 0.05) is 53.9 Å². The zero-order valence-corrected chi connectivity index (χ0v) is 16.4. The molecule has 0 atom stereocenters. The molecule has 0 spiro atoms. The van der Waals surface area contributed by atoms with Crippen LogP contribution in [0.1, 0.15) is 63.4 Å². The molecule has 0 fully saturated rings. The summed E-state index contributed by atoms with van der Waals surface area (Å²) in [5, 5.41) is 21.2. The highest BCUT2D eigenvalue weighted by atomic mass is 16.6. The fourth-order valence-electron chi connectivity index (χ4n) is 4.91. The van der Waals surface area contributed by atoms with E-state index in [0.717, 1.165) is 50.0 Å². The summed E-state index contributed by atoms with van der Waals surface area (Å²) in [6.45, 7) is 2.83. The summed E-state index contributed by atoms with van der Waals surface area (Å²) >= 11 is 0. The quantitative estimate of drug-likeness (QED) is 0.607. The first kappa shape index (κ1) is 19.4. The summed E-state index contributed by atoms with van der Waals surface area (Å²) in [5.74, 6) is -0.987. The Morgan fingerprint density at radius 1 is 1.07 bits per heavy atom. The molecule has 0 aromatic heterocycles. The Morgan fingerprint density at radius 2 is 1.66 bits per heavy atom. The van der Waals surface area contributed by atoms with Gasteiger partial charge in [0.15, 0.2) is 17.3 Å².